The quantitative estimate of drug-likeness (QED) is 0.724. The van der Waals surface area contributed by atoms with Crippen LogP contribution in [0, 0.1) is 0 Å². The second-order valence-electron chi connectivity index (χ2n) is 4.38. The van der Waals surface area contributed by atoms with Gasteiger partial charge >= 0.3 is 0 Å². The number of nitrogens with two attached hydrogens (primary N) is 1. The Kier molecular flexibility index (Phi) is 3.34. The van der Waals surface area contributed by atoms with Crippen molar-refractivity contribution < 1.29 is 8.42 Å². The summed E-state index contributed by atoms with van der Waals surface area (Å²) < 4.78 is 22.1. The average molecular weight is 247 g/mol. The molecule has 0 aliphatic rings. The molecule has 1 aromatic heterocycles. The van der Waals surface area contributed by atoms with E-state index in [1.54, 1.807) is 20.9 Å². The zero-order chi connectivity index (χ0) is 12.6. The maximum absolute atomic E-state index is 11.5. The number of aromatic nitrogens is 4. The number of hydrogen-bond acceptors (Lipinski definition) is 6. The lowest BCUT2D eigenvalue weighted by atomic mass is 10.0. The second-order valence-corrected chi connectivity index (χ2v) is 6.98. The molecule has 0 aliphatic heterocycles. The van der Waals surface area contributed by atoms with Crippen LogP contribution in [0.25, 0.3) is 0 Å². The minimum absolute atomic E-state index is 0.286. The summed E-state index contributed by atoms with van der Waals surface area (Å²) in [6, 6.07) is -0.563. The summed E-state index contributed by atoms with van der Waals surface area (Å²) in [5, 5.41) is 11.4. The van der Waals surface area contributed by atoms with Crippen molar-refractivity contribution in [3.63, 3.8) is 0 Å². The molecule has 1 aromatic rings. The van der Waals surface area contributed by atoms with Crippen molar-refractivity contribution in [1.82, 2.24) is 20.2 Å². The lowest BCUT2D eigenvalue weighted by Gasteiger charge is -2.28. The Labute approximate surface area is 94.9 Å². The predicted octanol–water partition coefficient (Wildman–Crippen LogP) is -1.10. The molecule has 0 aliphatic carbocycles. The van der Waals surface area contributed by atoms with Gasteiger partial charge in [-0.25, -0.2) is 8.42 Å². The molecular formula is C8H17N5O2S. The molecule has 0 saturated heterocycles. The topological polar surface area (TPSA) is 104 Å². The fourth-order valence-corrected chi connectivity index (χ4v) is 1.76. The lowest BCUT2D eigenvalue weighted by Crippen LogP contribution is -2.50. The van der Waals surface area contributed by atoms with Crippen molar-refractivity contribution in [2.45, 2.75) is 31.1 Å². The van der Waals surface area contributed by atoms with Crippen LogP contribution in [0.15, 0.2) is 0 Å². The highest BCUT2D eigenvalue weighted by Gasteiger charge is 2.37. The summed E-state index contributed by atoms with van der Waals surface area (Å²) in [5.74, 6) is 0.451. The highest BCUT2D eigenvalue weighted by atomic mass is 32.2. The van der Waals surface area contributed by atoms with Crippen LogP contribution >= 0.6 is 0 Å². The summed E-state index contributed by atoms with van der Waals surface area (Å²) in [7, 11) is -1.58. The first-order chi connectivity index (χ1) is 7.14. The molecule has 1 heterocycles. The molecule has 1 unspecified atom stereocenters. The number of tetrazole rings is 1. The van der Waals surface area contributed by atoms with E-state index in [-0.39, 0.29) is 6.42 Å². The molecule has 1 atom stereocenters. The molecule has 0 fully saturated rings. The smallest absolute Gasteiger partial charge is 0.176 e. The number of aryl methyl sites for hydroxylation is 1. The van der Waals surface area contributed by atoms with Gasteiger partial charge in [-0.2, -0.15) is 4.80 Å². The van der Waals surface area contributed by atoms with Crippen LogP contribution in [0.4, 0.5) is 0 Å². The molecule has 8 heteroatoms. The first kappa shape index (κ1) is 13.0. The van der Waals surface area contributed by atoms with Crippen molar-refractivity contribution in [3.8, 4) is 0 Å². The number of rotatable bonds is 4. The summed E-state index contributed by atoms with van der Waals surface area (Å²) in [6.07, 6.45) is 1.46. The fraction of sp³-hybridized carbons (Fsp3) is 0.875. The Balaban J connectivity index is 2.84. The lowest BCUT2D eigenvalue weighted by molar-refractivity contribution is 0.475. The third-order valence-corrected chi connectivity index (χ3v) is 5.01. The van der Waals surface area contributed by atoms with Gasteiger partial charge in [0.1, 0.15) is 0 Å². The summed E-state index contributed by atoms with van der Waals surface area (Å²) in [6.45, 7) is 3.20. The fourth-order valence-electron chi connectivity index (χ4n) is 1.12. The summed E-state index contributed by atoms with van der Waals surface area (Å²) in [4.78, 5) is 1.31. The van der Waals surface area contributed by atoms with Crippen LogP contribution in [0.3, 0.4) is 0 Å². The Morgan fingerprint density at radius 3 is 2.44 bits per heavy atom. The minimum atomic E-state index is -3.22. The van der Waals surface area contributed by atoms with E-state index in [1.807, 2.05) is 0 Å². The van der Waals surface area contributed by atoms with Gasteiger partial charge < -0.3 is 5.73 Å². The van der Waals surface area contributed by atoms with E-state index in [1.165, 1.54) is 11.1 Å². The van der Waals surface area contributed by atoms with E-state index in [0.29, 0.717) is 5.82 Å². The third kappa shape index (κ3) is 2.56. The van der Waals surface area contributed by atoms with Crippen molar-refractivity contribution in [3.05, 3.63) is 5.82 Å². The first-order valence-electron chi connectivity index (χ1n) is 4.82. The monoisotopic (exact) mass is 247 g/mol. The normalized spacial score (nSPS) is 15.1. The van der Waals surface area contributed by atoms with Crippen LogP contribution in [-0.2, 0) is 23.3 Å². The van der Waals surface area contributed by atoms with Crippen LogP contribution in [0.1, 0.15) is 19.7 Å². The van der Waals surface area contributed by atoms with Crippen molar-refractivity contribution in [1.29, 1.82) is 0 Å². The average Bonchev–Trinajstić information content (AvgIpc) is 2.49. The van der Waals surface area contributed by atoms with E-state index in [2.05, 4.69) is 15.4 Å². The Morgan fingerprint density at radius 2 is 2.06 bits per heavy atom. The van der Waals surface area contributed by atoms with E-state index in [9.17, 15) is 8.42 Å². The Bertz CT molecular complexity index is 465. The van der Waals surface area contributed by atoms with E-state index < -0.39 is 20.6 Å². The second kappa shape index (κ2) is 4.10. The van der Waals surface area contributed by atoms with Gasteiger partial charge in [-0.3, -0.25) is 0 Å². The van der Waals surface area contributed by atoms with Gasteiger partial charge in [0, 0.05) is 18.7 Å². The molecule has 0 bridgehead atoms. The zero-order valence-corrected chi connectivity index (χ0v) is 10.7. The highest BCUT2D eigenvalue weighted by Crippen LogP contribution is 2.20. The largest absolute Gasteiger partial charge is 0.326 e. The predicted molar refractivity (Wildman–Crippen MR) is 59.4 cm³/mol. The van der Waals surface area contributed by atoms with Gasteiger partial charge in [0.05, 0.1) is 11.8 Å². The van der Waals surface area contributed by atoms with Crippen LogP contribution in [0.5, 0.6) is 0 Å². The van der Waals surface area contributed by atoms with Gasteiger partial charge in [-0.05, 0) is 19.1 Å². The minimum Gasteiger partial charge on any atom is -0.326 e. The van der Waals surface area contributed by atoms with Crippen molar-refractivity contribution in [2.75, 3.05) is 6.26 Å². The molecular weight excluding hydrogens is 230 g/mol. The third-order valence-electron chi connectivity index (χ3n) is 2.80. The van der Waals surface area contributed by atoms with Crippen LogP contribution in [0.2, 0.25) is 0 Å². The van der Waals surface area contributed by atoms with Gasteiger partial charge in [-0.15, -0.1) is 10.2 Å². The molecule has 0 saturated carbocycles. The van der Waals surface area contributed by atoms with Gasteiger partial charge in [0.15, 0.2) is 15.7 Å². The highest BCUT2D eigenvalue weighted by molar-refractivity contribution is 7.92. The number of hydrogen-bond donors (Lipinski definition) is 1. The molecule has 0 radical (unpaired) electrons. The van der Waals surface area contributed by atoms with Gasteiger partial charge in [0.2, 0.25) is 0 Å². The molecule has 7 nitrogen and oxygen atoms in total. The molecule has 0 amide bonds. The Hall–Kier alpha value is -1.02. The number of nitrogens with zero attached hydrogens (tertiary/aromatic N) is 4. The van der Waals surface area contributed by atoms with Crippen molar-refractivity contribution in [2.24, 2.45) is 12.8 Å². The molecule has 0 spiro atoms. The molecule has 92 valence electrons. The standard InChI is InChI=1S/C8H17N5O2S/c1-8(2,16(4,14)15)6(9)5-7-10-12-13(3)11-7/h6H,5,9H2,1-4H3. The SMILES string of the molecule is Cn1nnc(CC(N)C(C)(C)S(C)(=O)=O)n1. The summed E-state index contributed by atoms with van der Waals surface area (Å²) in [5.41, 5.74) is 5.88. The van der Waals surface area contributed by atoms with E-state index in [4.69, 9.17) is 5.73 Å². The zero-order valence-electron chi connectivity index (χ0n) is 9.88. The van der Waals surface area contributed by atoms with Crippen molar-refractivity contribution >= 4 is 9.84 Å². The van der Waals surface area contributed by atoms with Gasteiger partial charge in [-0.1, -0.05) is 0 Å². The van der Waals surface area contributed by atoms with Crippen LogP contribution in [-0.4, -0.2) is 45.7 Å². The van der Waals surface area contributed by atoms with Gasteiger partial charge in [0.25, 0.3) is 0 Å². The summed E-state index contributed by atoms with van der Waals surface area (Å²) >= 11 is 0. The molecule has 0 aromatic carbocycles. The maximum atomic E-state index is 11.5. The maximum Gasteiger partial charge on any atom is 0.176 e. The van der Waals surface area contributed by atoms with E-state index in [0.717, 1.165) is 0 Å². The number of sulfone groups is 1. The molecule has 16 heavy (non-hydrogen) atoms. The first-order valence-corrected chi connectivity index (χ1v) is 6.72. The molecule has 2 N–H and O–H groups in total. The van der Waals surface area contributed by atoms with E-state index >= 15 is 0 Å². The Morgan fingerprint density at radius 1 is 1.50 bits per heavy atom. The van der Waals surface area contributed by atoms with Crippen LogP contribution < -0.4 is 5.73 Å². The molecule has 1 rings (SSSR count).